The lowest BCUT2D eigenvalue weighted by molar-refractivity contribution is 0.801. The Labute approximate surface area is 88.7 Å². The maximum atomic E-state index is 5.91. The maximum absolute atomic E-state index is 5.91. The van der Waals surface area contributed by atoms with Gasteiger partial charge in [-0.2, -0.15) is 0 Å². The molecule has 3 atom stereocenters. The van der Waals surface area contributed by atoms with Crippen molar-refractivity contribution in [2.45, 2.75) is 18.4 Å². The van der Waals surface area contributed by atoms with Crippen LogP contribution in [0.25, 0.3) is 0 Å². The fourth-order valence-corrected chi connectivity index (χ4v) is 2.60. The molecular weight excluding hydrogens is 205 g/mol. The van der Waals surface area contributed by atoms with Crippen LogP contribution in [0.3, 0.4) is 0 Å². The van der Waals surface area contributed by atoms with Gasteiger partial charge in [-0.25, -0.2) is 0 Å². The van der Waals surface area contributed by atoms with Crippen molar-refractivity contribution < 1.29 is 0 Å². The molecular formula is C10H11Cl2N. The second-order valence-electron chi connectivity index (χ2n) is 3.81. The molecule has 0 saturated heterocycles. The van der Waals surface area contributed by atoms with Crippen molar-refractivity contribution in [3.63, 3.8) is 0 Å². The minimum Gasteiger partial charge on any atom is -0.327 e. The zero-order chi connectivity index (χ0) is 8.29. The lowest BCUT2D eigenvalue weighted by atomic mass is 10.1. The lowest BCUT2D eigenvalue weighted by Crippen LogP contribution is -2.08. The van der Waals surface area contributed by atoms with E-state index in [2.05, 4.69) is 12.1 Å². The Hall–Kier alpha value is -0.240. The number of benzene rings is 1. The largest absolute Gasteiger partial charge is 0.327 e. The van der Waals surface area contributed by atoms with Gasteiger partial charge in [0.15, 0.2) is 0 Å². The van der Waals surface area contributed by atoms with Gasteiger partial charge in [0.05, 0.1) is 0 Å². The summed E-state index contributed by atoms with van der Waals surface area (Å²) < 4.78 is 0. The highest BCUT2D eigenvalue weighted by molar-refractivity contribution is 6.30. The normalized spacial score (nSPS) is 33.2. The summed E-state index contributed by atoms with van der Waals surface area (Å²) >= 11 is 5.91. The summed E-state index contributed by atoms with van der Waals surface area (Å²) in [4.78, 5) is 0. The van der Waals surface area contributed by atoms with Crippen LogP contribution in [0.2, 0.25) is 5.02 Å². The van der Waals surface area contributed by atoms with Crippen molar-refractivity contribution in [3.8, 4) is 0 Å². The maximum Gasteiger partial charge on any atom is 0.0409 e. The molecule has 2 aliphatic carbocycles. The molecule has 0 heterocycles. The summed E-state index contributed by atoms with van der Waals surface area (Å²) in [6.07, 6.45) is 1.17. The quantitative estimate of drug-likeness (QED) is 0.707. The highest BCUT2D eigenvalue weighted by Gasteiger charge is 2.53. The van der Waals surface area contributed by atoms with Crippen LogP contribution in [0, 0.1) is 5.92 Å². The molecule has 2 N–H and O–H groups in total. The molecule has 1 nitrogen and oxygen atoms in total. The van der Waals surface area contributed by atoms with E-state index in [0.29, 0.717) is 12.0 Å². The summed E-state index contributed by atoms with van der Waals surface area (Å²) in [6, 6.07) is 6.60. The minimum absolute atomic E-state index is 0. The molecule has 3 rings (SSSR count). The average molecular weight is 216 g/mol. The van der Waals surface area contributed by atoms with Crippen molar-refractivity contribution in [1.29, 1.82) is 0 Å². The molecule has 3 unspecified atom stereocenters. The summed E-state index contributed by atoms with van der Waals surface area (Å²) in [7, 11) is 0. The molecule has 1 aromatic rings. The number of rotatable bonds is 0. The Morgan fingerprint density at radius 2 is 2.15 bits per heavy atom. The Morgan fingerprint density at radius 3 is 2.92 bits per heavy atom. The van der Waals surface area contributed by atoms with Gasteiger partial charge in [0.25, 0.3) is 0 Å². The molecule has 0 aromatic heterocycles. The molecule has 70 valence electrons. The molecule has 1 saturated carbocycles. The van der Waals surface area contributed by atoms with E-state index in [1.54, 1.807) is 0 Å². The highest BCUT2D eigenvalue weighted by atomic mass is 35.5. The van der Waals surface area contributed by atoms with Crippen molar-refractivity contribution in [1.82, 2.24) is 0 Å². The third kappa shape index (κ3) is 1.18. The van der Waals surface area contributed by atoms with E-state index in [1.165, 1.54) is 17.5 Å². The van der Waals surface area contributed by atoms with Crippen LogP contribution in [0.5, 0.6) is 0 Å². The van der Waals surface area contributed by atoms with Gasteiger partial charge >= 0.3 is 0 Å². The number of nitrogens with two attached hydrogens (primary N) is 1. The summed E-state index contributed by atoms with van der Waals surface area (Å²) in [5.41, 5.74) is 8.75. The molecule has 0 spiro atoms. The first kappa shape index (κ1) is 9.32. The Kier molecular flexibility index (Phi) is 2.06. The van der Waals surface area contributed by atoms with Crippen LogP contribution >= 0.6 is 24.0 Å². The van der Waals surface area contributed by atoms with Gasteiger partial charge in [0, 0.05) is 17.0 Å². The van der Waals surface area contributed by atoms with Crippen molar-refractivity contribution in [3.05, 3.63) is 34.3 Å². The summed E-state index contributed by atoms with van der Waals surface area (Å²) in [5, 5.41) is 0.841. The molecule has 1 aromatic carbocycles. The van der Waals surface area contributed by atoms with E-state index < -0.39 is 0 Å². The number of fused-ring (bicyclic) bond motifs is 3. The second-order valence-corrected chi connectivity index (χ2v) is 4.25. The molecule has 0 amide bonds. The topological polar surface area (TPSA) is 26.0 Å². The van der Waals surface area contributed by atoms with Gasteiger partial charge in [-0.05, 0) is 35.6 Å². The van der Waals surface area contributed by atoms with Crippen LogP contribution in [0.1, 0.15) is 17.0 Å². The van der Waals surface area contributed by atoms with Gasteiger partial charge in [0.1, 0.15) is 0 Å². The minimum atomic E-state index is 0. The molecule has 0 radical (unpaired) electrons. The number of hydrogen-bond acceptors (Lipinski definition) is 1. The second kappa shape index (κ2) is 2.88. The van der Waals surface area contributed by atoms with Gasteiger partial charge in [-0.3, -0.25) is 0 Å². The van der Waals surface area contributed by atoms with E-state index in [0.717, 1.165) is 10.9 Å². The van der Waals surface area contributed by atoms with E-state index in [-0.39, 0.29) is 12.4 Å². The van der Waals surface area contributed by atoms with Crippen LogP contribution in [-0.2, 0) is 6.42 Å². The van der Waals surface area contributed by atoms with Gasteiger partial charge in [0.2, 0.25) is 0 Å². The van der Waals surface area contributed by atoms with Crippen LogP contribution in [0.4, 0.5) is 0 Å². The standard InChI is InChI=1S/C10H10ClN.ClH/c11-6-2-1-5-3-8-9(10(8)12)7(5)4-6;/h1-2,4,8-10H,3,12H2;1H. The van der Waals surface area contributed by atoms with E-state index in [4.69, 9.17) is 17.3 Å². The van der Waals surface area contributed by atoms with Gasteiger partial charge < -0.3 is 5.73 Å². The summed E-state index contributed by atoms with van der Waals surface area (Å²) in [6.45, 7) is 0. The monoisotopic (exact) mass is 215 g/mol. The number of halogens is 2. The Morgan fingerprint density at radius 1 is 1.38 bits per heavy atom. The molecule has 1 fully saturated rings. The Balaban J connectivity index is 0.000000653. The molecule has 13 heavy (non-hydrogen) atoms. The van der Waals surface area contributed by atoms with Crippen LogP contribution in [-0.4, -0.2) is 6.04 Å². The fourth-order valence-electron chi connectivity index (χ4n) is 2.42. The van der Waals surface area contributed by atoms with Crippen molar-refractivity contribution in [2.24, 2.45) is 11.7 Å². The van der Waals surface area contributed by atoms with Crippen LogP contribution in [0.15, 0.2) is 18.2 Å². The highest BCUT2D eigenvalue weighted by Crippen LogP contribution is 2.55. The van der Waals surface area contributed by atoms with Gasteiger partial charge in [-0.1, -0.05) is 17.7 Å². The predicted molar refractivity (Wildman–Crippen MR) is 56.6 cm³/mol. The van der Waals surface area contributed by atoms with Crippen molar-refractivity contribution >= 4 is 24.0 Å². The predicted octanol–water partition coefficient (Wildman–Crippen LogP) is 2.36. The first-order chi connectivity index (χ1) is 5.77. The molecule has 0 bridgehead atoms. The lowest BCUT2D eigenvalue weighted by Gasteiger charge is -2.04. The Bertz CT molecular complexity index is 351. The molecule has 3 heteroatoms. The zero-order valence-electron chi connectivity index (χ0n) is 7.03. The van der Waals surface area contributed by atoms with Crippen molar-refractivity contribution in [2.75, 3.05) is 0 Å². The third-order valence-electron chi connectivity index (χ3n) is 3.15. The third-order valence-corrected chi connectivity index (χ3v) is 3.39. The average Bonchev–Trinajstić information content (AvgIpc) is 2.55. The van der Waals surface area contributed by atoms with E-state index in [1.807, 2.05) is 6.07 Å². The van der Waals surface area contributed by atoms with Gasteiger partial charge in [-0.15, -0.1) is 12.4 Å². The van der Waals surface area contributed by atoms with E-state index >= 15 is 0 Å². The first-order valence-corrected chi connectivity index (χ1v) is 4.69. The SMILES string of the molecule is Cl.NC1C2Cc3ccc(Cl)cc3C12. The fraction of sp³-hybridized carbons (Fsp3) is 0.400. The summed E-state index contributed by atoms with van der Waals surface area (Å²) in [5.74, 6) is 1.34. The van der Waals surface area contributed by atoms with Crippen LogP contribution < -0.4 is 5.73 Å². The molecule has 0 aliphatic heterocycles. The van der Waals surface area contributed by atoms with E-state index in [9.17, 15) is 0 Å². The first-order valence-electron chi connectivity index (χ1n) is 4.31. The zero-order valence-corrected chi connectivity index (χ0v) is 8.61. The number of hydrogen-bond donors (Lipinski definition) is 1. The molecule has 2 aliphatic rings. The smallest absolute Gasteiger partial charge is 0.0409 e.